The molecule has 2 aromatic heterocycles. The summed E-state index contributed by atoms with van der Waals surface area (Å²) in [5, 5.41) is 4.42. The molecule has 1 fully saturated rings. The van der Waals surface area contributed by atoms with Gasteiger partial charge in [0.15, 0.2) is 5.82 Å². The number of hydrogen-bond donors (Lipinski definition) is 0. The Morgan fingerprint density at radius 1 is 1.00 bits per heavy atom. The molecule has 0 bridgehead atoms. The Balaban J connectivity index is 1.38. The van der Waals surface area contributed by atoms with Gasteiger partial charge in [-0.1, -0.05) is 30.3 Å². The molecule has 29 heavy (non-hydrogen) atoms. The number of furan rings is 1. The molecule has 2 aliphatic rings. The number of ether oxygens (including phenoxy) is 1. The summed E-state index contributed by atoms with van der Waals surface area (Å²) in [4.78, 5) is 27.7. The second kappa shape index (κ2) is 7.13. The Bertz CT molecular complexity index is 1120. The van der Waals surface area contributed by atoms with Gasteiger partial charge in [-0.2, -0.15) is 5.10 Å². The molecule has 4 heterocycles. The molecule has 1 spiro atoms. The van der Waals surface area contributed by atoms with E-state index in [9.17, 15) is 9.59 Å². The lowest BCUT2D eigenvalue weighted by Gasteiger charge is -2.35. The summed E-state index contributed by atoms with van der Waals surface area (Å²) in [5.41, 5.74) is -0.675. The summed E-state index contributed by atoms with van der Waals surface area (Å²) in [5.74, 6) is 1.40. The van der Waals surface area contributed by atoms with Crippen molar-refractivity contribution in [3.8, 4) is 0 Å². The molecule has 150 valence electrons. The predicted molar refractivity (Wildman–Crippen MR) is 104 cm³/mol. The van der Waals surface area contributed by atoms with Crippen LogP contribution < -0.4 is 11.1 Å². The van der Waals surface area contributed by atoms with E-state index in [-0.39, 0.29) is 13.2 Å². The highest BCUT2D eigenvalue weighted by atomic mass is 16.5. The molecule has 0 radical (unpaired) electrons. The molecule has 3 aromatic rings. The molecule has 8 nitrogen and oxygen atoms in total. The number of aromatic nitrogens is 3. The van der Waals surface area contributed by atoms with E-state index in [1.807, 2.05) is 42.5 Å². The van der Waals surface area contributed by atoms with Crippen molar-refractivity contribution in [1.82, 2.24) is 19.2 Å². The van der Waals surface area contributed by atoms with Crippen LogP contribution in [0.4, 0.5) is 0 Å². The molecule has 0 saturated carbocycles. The fourth-order valence-corrected chi connectivity index (χ4v) is 4.20. The van der Waals surface area contributed by atoms with E-state index >= 15 is 0 Å². The van der Waals surface area contributed by atoms with Gasteiger partial charge in [0.25, 0.3) is 0 Å². The van der Waals surface area contributed by atoms with Crippen LogP contribution in [0.1, 0.15) is 23.6 Å². The molecule has 2 aliphatic heterocycles. The summed E-state index contributed by atoms with van der Waals surface area (Å²) in [6.07, 6.45) is 2.47. The Kier molecular flexibility index (Phi) is 4.44. The number of hydrogen-bond acceptors (Lipinski definition) is 6. The van der Waals surface area contributed by atoms with Gasteiger partial charge < -0.3 is 9.15 Å². The summed E-state index contributed by atoms with van der Waals surface area (Å²) >= 11 is 0. The van der Waals surface area contributed by atoms with Crippen LogP contribution in [0, 0.1) is 0 Å². The Morgan fingerprint density at radius 2 is 1.86 bits per heavy atom. The number of fused-ring (bicyclic) bond motifs is 1. The largest absolute Gasteiger partial charge is 0.468 e. The number of rotatable bonds is 4. The van der Waals surface area contributed by atoms with Gasteiger partial charge in [0, 0.05) is 13.1 Å². The summed E-state index contributed by atoms with van der Waals surface area (Å²) in [6.45, 7) is 3.08. The second-order valence-electron chi connectivity index (χ2n) is 7.77. The van der Waals surface area contributed by atoms with Crippen LogP contribution >= 0.6 is 0 Å². The van der Waals surface area contributed by atoms with Gasteiger partial charge in [0.05, 0.1) is 25.9 Å². The lowest BCUT2D eigenvalue weighted by Crippen LogP contribution is -2.53. The molecular formula is C21H22N4O4. The van der Waals surface area contributed by atoms with Crippen LogP contribution in [-0.2, 0) is 31.0 Å². The zero-order valence-electron chi connectivity index (χ0n) is 16.0. The Hall–Kier alpha value is -2.97. The number of nitrogens with zero attached hydrogens (tertiary/aromatic N) is 4. The van der Waals surface area contributed by atoms with E-state index in [1.54, 1.807) is 6.26 Å². The maximum Gasteiger partial charge on any atom is 0.332 e. The molecule has 0 N–H and O–H groups in total. The van der Waals surface area contributed by atoms with Crippen molar-refractivity contribution in [2.24, 2.45) is 0 Å². The van der Waals surface area contributed by atoms with Gasteiger partial charge in [0.1, 0.15) is 18.0 Å². The number of benzene rings is 1. The Labute approximate surface area is 166 Å². The van der Waals surface area contributed by atoms with Crippen molar-refractivity contribution in [3.05, 3.63) is 86.6 Å². The van der Waals surface area contributed by atoms with Crippen LogP contribution in [0.25, 0.3) is 0 Å². The molecule has 1 unspecified atom stereocenters. The molecular weight excluding hydrogens is 372 g/mol. The fraction of sp³-hybridized carbons (Fsp3) is 0.381. The van der Waals surface area contributed by atoms with Gasteiger partial charge in [-0.05, 0) is 24.1 Å². The topological polar surface area (TPSA) is 82.5 Å². The van der Waals surface area contributed by atoms with Crippen LogP contribution in [0.5, 0.6) is 0 Å². The maximum absolute atomic E-state index is 12.8. The lowest BCUT2D eigenvalue weighted by atomic mass is 10.0. The van der Waals surface area contributed by atoms with Gasteiger partial charge in [0.2, 0.25) is 0 Å². The highest BCUT2D eigenvalue weighted by Crippen LogP contribution is 2.31. The smallest absolute Gasteiger partial charge is 0.332 e. The van der Waals surface area contributed by atoms with E-state index in [2.05, 4.69) is 10.00 Å². The second-order valence-corrected chi connectivity index (χ2v) is 7.77. The zero-order valence-corrected chi connectivity index (χ0v) is 16.0. The number of likely N-dealkylation sites (tertiary alicyclic amines) is 1. The third kappa shape index (κ3) is 3.45. The summed E-state index contributed by atoms with van der Waals surface area (Å²) in [6, 6.07) is 13.3. The average molecular weight is 394 g/mol. The molecule has 0 aliphatic carbocycles. The van der Waals surface area contributed by atoms with E-state index in [1.165, 1.54) is 9.25 Å². The van der Waals surface area contributed by atoms with Gasteiger partial charge in [-0.3, -0.25) is 19.1 Å². The van der Waals surface area contributed by atoms with Crippen molar-refractivity contribution >= 4 is 0 Å². The standard InChI is InChI=1S/C21H22N4O4/c26-19-20(27)25(11-16-5-2-1-3-6-16)22-18-13-29-21(15-24(18)19)8-9-23(14-21)12-17-7-4-10-28-17/h1-7,10H,8-9,11-15H2. The van der Waals surface area contributed by atoms with Crippen LogP contribution in [0.15, 0.2) is 62.7 Å². The highest BCUT2D eigenvalue weighted by molar-refractivity contribution is 5.15. The molecule has 1 atom stereocenters. The average Bonchev–Trinajstić information content (AvgIpc) is 3.38. The first-order valence-electron chi connectivity index (χ1n) is 9.75. The molecule has 1 aromatic carbocycles. The minimum atomic E-state index is -0.597. The van der Waals surface area contributed by atoms with Crippen molar-refractivity contribution in [3.63, 3.8) is 0 Å². The molecule has 8 heteroatoms. The first-order valence-corrected chi connectivity index (χ1v) is 9.75. The van der Waals surface area contributed by atoms with E-state index in [0.717, 1.165) is 24.3 Å². The van der Waals surface area contributed by atoms with Crippen molar-refractivity contribution in [1.29, 1.82) is 0 Å². The SMILES string of the molecule is O=c1c(=O)n2c(nn1Cc1ccccc1)COC1(CCN(Cc3ccco3)C1)C2. The van der Waals surface area contributed by atoms with Crippen LogP contribution in [-0.4, -0.2) is 37.9 Å². The third-order valence-electron chi connectivity index (χ3n) is 5.69. The third-order valence-corrected chi connectivity index (χ3v) is 5.69. The van der Waals surface area contributed by atoms with Crippen LogP contribution in [0.3, 0.4) is 0 Å². The highest BCUT2D eigenvalue weighted by Gasteiger charge is 2.43. The van der Waals surface area contributed by atoms with Crippen molar-refractivity contribution in [2.75, 3.05) is 13.1 Å². The lowest BCUT2D eigenvalue weighted by molar-refractivity contribution is -0.0860. The van der Waals surface area contributed by atoms with Crippen LogP contribution in [0.2, 0.25) is 0 Å². The zero-order chi connectivity index (χ0) is 19.8. The van der Waals surface area contributed by atoms with E-state index in [4.69, 9.17) is 9.15 Å². The van der Waals surface area contributed by atoms with E-state index in [0.29, 0.717) is 25.5 Å². The minimum Gasteiger partial charge on any atom is -0.468 e. The summed E-state index contributed by atoms with van der Waals surface area (Å²) < 4.78 is 14.4. The van der Waals surface area contributed by atoms with Gasteiger partial charge in [-0.15, -0.1) is 0 Å². The van der Waals surface area contributed by atoms with E-state index < -0.39 is 16.7 Å². The first kappa shape index (κ1) is 18.1. The fourth-order valence-electron chi connectivity index (χ4n) is 4.20. The molecule has 0 amide bonds. The maximum atomic E-state index is 12.8. The first-order chi connectivity index (χ1) is 14.1. The van der Waals surface area contributed by atoms with Gasteiger partial charge in [-0.25, -0.2) is 4.68 Å². The molecule has 1 saturated heterocycles. The van der Waals surface area contributed by atoms with Gasteiger partial charge >= 0.3 is 11.1 Å². The summed E-state index contributed by atoms with van der Waals surface area (Å²) in [7, 11) is 0. The Morgan fingerprint density at radius 3 is 2.66 bits per heavy atom. The van der Waals surface area contributed by atoms with Crippen molar-refractivity contribution < 1.29 is 9.15 Å². The van der Waals surface area contributed by atoms with Crippen molar-refractivity contribution in [2.45, 2.75) is 38.3 Å². The predicted octanol–water partition coefficient (Wildman–Crippen LogP) is 1.22. The normalized spacial score (nSPS) is 21.5. The molecule has 5 rings (SSSR count). The minimum absolute atomic E-state index is 0.221. The quantitative estimate of drug-likeness (QED) is 0.619. The monoisotopic (exact) mass is 394 g/mol.